The molecule has 0 saturated carbocycles. The predicted molar refractivity (Wildman–Crippen MR) is 85.2 cm³/mol. The van der Waals surface area contributed by atoms with Gasteiger partial charge in [-0.15, -0.1) is 0 Å². The molecule has 0 aliphatic heterocycles. The molecule has 0 bridgehead atoms. The maximum Gasteiger partial charge on any atom is 0.310 e. The molecule has 0 aromatic heterocycles. The van der Waals surface area contributed by atoms with E-state index in [1.165, 1.54) is 13.2 Å². The lowest BCUT2D eigenvalue weighted by Gasteiger charge is -2.19. The van der Waals surface area contributed by atoms with Crippen molar-refractivity contribution in [3.63, 3.8) is 0 Å². The average molecular weight is 309 g/mol. The van der Waals surface area contributed by atoms with Gasteiger partial charge in [0.1, 0.15) is 5.82 Å². The first-order chi connectivity index (χ1) is 10.4. The minimum absolute atomic E-state index is 0.116. The number of halogens is 1. The standard InChI is InChI=1S/C16H24FN3O2/c1-10-6-7-13(8-14(10)17)12(3)20-16(18-4)19-9-11(2)15(21)22-5/h6-8,11-12H,9H2,1-5H3,(H2,18,19,20). The number of ether oxygens (including phenoxy) is 1. The van der Waals surface area contributed by atoms with E-state index in [-0.39, 0.29) is 23.7 Å². The number of benzene rings is 1. The molecule has 22 heavy (non-hydrogen) atoms. The lowest BCUT2D eigenvalue weighted by molar-refractivity contribution is -0.144. The van der Waals surface area contributed by atoms with E-state index in [2.05, 4.69) is 20.4 Å². The van der Waals surface area contributed by atoms with Crippen LogP contribution in [0.1, 0.15) is 31.0 Å². The van der Waals surface area contributed by atoms with Crippen LogP contribution in [0.3, 0.4) is 0 Å². The first-order valence-electron chi connectivity index (χ1n) is 7.20. The molecular weight excluding hydrogens is 285 g/mol. The summed E-state index contributed by atoms with van der Waals surface area (Å²) in [6.07, 6.45) is 0. The van der Waals surface area contributed by atoms with Crippen molar-refractivity contribution in [3.05, 3.63) is 35.1 Å². The van der Waals surface area contributed by atoms with Crippen LogP contribution in [0.2, 0.25) is 0 Å². The van der Waals surface area contributed by atoms with E-state index in [0.717, 1.165) is 5.56 Å². The van der Waals surface area contributed by atoms with Crippen molar-refractivity contribution in [1.82, 2.24) is 10.6 Å². The lowest BCUT2D eigenvalue weighted by atomic mass is 10.1. The van der Waals surface area contributed by atoms with E-state index in [1.54, 1.807) is 27.0 Å². The number of nitrogens with zero attached hydrogens (tertiary/aromatic N) is 1. The Morgan fingerprint density at radius 1 is 1.41 bits per heavy atom. The van der Waals surface area contributed by atoms with Gasteiger partial charge in [0, 0.05) is 13.6 Å². The summed E-state index contributed by atoms with van der Waals surface area (Å²) in [5.74, 6) is -0.245. The molecule has 0 radical (unpaired) electrons. The molecule has 1 aromatic rings. The van der Waals surface area contributed by atoms with Crippen molar-refractivity contribution in [3.8, 4) is 0 Å². The number of hydrogen-bond acceptors (Lipinski definition) is 3. The first-order valence-corrected chi connectivity index (χ1v) is 7.20. The van der Waals surface area contributed by atoms with Crippen molar-refractivity contribution in [2.75, 3.05) is 20.7 Å². The summed E-state index contributed by atoms with van der Waals surface area (Å²) in [6, 6.07) is 5.02. The number of guanidine groups is 1. The zero-order valence-electron chi connectivity index (χ0n) is 13.7. The fourth-order valence-corrected chi connectivity index (χ4v) is 1.90. The third kappa shape index (κ3) is 5.02. The van der Waals surface area contributed by atoms with Gasteiger partial charge in [-0.2, -0.15) is 0 Å². The summed E-state index contributed by atoms with van der Waals surface area (Å²) in [5.41, 5.74) is 1.44. The van der Waals surface area contributed by atoms with Crippen molar-refractivity contribution in [2.45, 2.75) is 26.8 Å². The van der Waals surface area contributed by atoms with E-state index in [4.69, 9.17) is 0 Å². The van der Waals surface area contributed by atoms with Gasteiger partial charge >= 0.3 is 5.97 Å². The molecule has 0 amide bonds. The topological polar surface area (TPSA) is 62.7 Å². The van der Waals surface area contributed by atoms with Crippen molar-refractivity contribution >= 4 is 11.9 Å². The smallest absolute Gasteiger partial charge is 0.310 e. The van der Waals surface area contributed by atoms with Crippen LogP contribution >= 0.6 is 0 Å². The van der Waals surface area contributed by atoms with E-state index < -0.39 is 0 Å². The SMILES string of the molecule is CN=C(NCC(C)C(=O)OC)NC(C)c1ccc(C)c(F)c1. The summed E-state index contributed by atoms with van der Waals surface area (Å²) in [5, 5.41) is 6.22. The number of nitrogens with one attached hydrogen (secondary N) is 2. The lowest BCUT2D eigenvalue weighted by Crippen LogP contribution is -2.41. The van der Waals surface area contributed by atoms with E-state index >= 15 is 0 Å². The van der Waals surface area contributed by atoms with Gasteiger partial charge in [0.25, 0.3) is 0 Å². The Hall–Kier alpha value is -2.11. The Morgan fingerprint density at radius 2 is 2.09 bits per heavy atom. The van der Waals surface area contributed by atoms with Crippen molar-refractivity contribution in [2.24, 2.45) is 10.9 Å². The molecule has 2 unspecified atom stereocenters. The molecule has 0 aliphatic carbocycles. The number of aryl methyl sites for hydroxylation is 1. The minimum atomic E-state index is -0.282. The third-order valence-corrected chi connectivity index (χ3v) is 3.45. The Morgan fingerprint density at radius 3 is 2.64 bits per heavy atom. The fourth-order valence-electron chi connectivity index (χ4n) is 1.90. The maximum atomic E-state index is 13.6. The quantitative estimate of drug-likeness (QED) is 0.497. The predicted octanol–water partition coefficient (Wildman–Crippen LogP) is 2.17. The third-order valence-electron chi connectivity index (χ3n) is 3.45. The highest BCUT2D eigenvalue weighted by atomic mass is 19.1. The number of aliphatic imine (C=N–C) groups is 1. The van der Waals surface area contributed by atoms with Gasteiger partial charge in [0.2, 0.25) is 0 Å². The van der Waals surface area contributed by atoms with Crippen LogP contribution in [0, 0.1) is 18.7 Å². The molecule has 6 heteroatoms. The molecule has 0 spiro atoms. The van der Waals surface area contributed by atoms with E-state index in [0.29, 0.717) is 18.1 Å². The maximum absolute atomic E-state index is 13.6. The van der Waals surface area contributed by atoms with Gasteiger partial charge in [-0.1, -0.05) is 19.1 Å². The van der Waals surface area contributed by atoms with Gasteiger partial charge in [0.15, 0.2) is 5.96 Å². The van der Waals surface area contributed by atoms with Crippen LogP contribution in [0.5, 0.6) is 0 Å². The van der Waals surface area contributed by atoms with Crippen LogP contribution in [-0.2, 0) is 9.53 Å². The molecule has 0 fully saturated rings. The zero-order chi connectivity index (χ0) is 16.7. The van der Waals surface area contributed by atoms with Crippen molar-refractivity contribution in [1.29, 1.82) is 0 Å². The van der Waals surface area contributed by atoms with Gasteiger partial charge in [-0.05, 0) is 31.0 Å². The Balaban J connectivity index is 2.62. The van der Waals surface area contributed by atoms with Crippen LogP contribution in [-0.4, -0.2) is 32.6 Å². The second-order valence-electron chi connectivity index (χ2n) is 5.25. The Kier molecular flexibility index (Phi) is 6.82. The van der Waals surface area contributed by atoms with Gasteiger partial charge in [0.05, 0.1) is 19.1 Å². The highest BCUT2D eigenvalue weighted by molar-refractivity contribution is 5.81. The second kappa shape index (κ2) is 8.36. The average Bonchev–Trinajstić information content (AvgIpc) is 2.52. The number of carbonyl (C=O) groups excluding carboxylic acids is 1. The number of esters is 1. The molecule has 1 rings (SSSR count). The van der Waals surface area contributed by atoms with Gasteiger partial charge in [-0.25, -0.2) is 4.39 Å². The van der Waals surface area contributed by atoms with Gasteiger partial charge < -0.3 is 15.4 Å². The molecule has 5 nitrogen and oxygen atoms in total. The summed E-state index contributed by atoms with van der Waals surface area (Å²) in [7, 11) is 3.00. The molecule has 2 N–H and O–H groups in total. The first kappa shape index (κ1) is 17.9. The molecule has 0 heterocycles. The molecule has 0 aliphatic rings. The van der Waals surface area contributed by atoms with Gasteiger partial charge in [-0.3, -0.25) is 9.79 Å². The minimum Gasteiger partial charge on any atom is -0.469 e. The van der Waals surface area contributed by atoms with Crippen LogP contribution in [0.15, 0.2) is 23.2 Å². The summed E-state index contributed by atoms with van der Waals surface area (Å²) < 4.78 is 18.3. The highest BCUT2D eigenvalue weighted by Crippen LogP contribution is 2.16. The number of carbonyl (C=O) groups is 1. The number of methoxy groups -OCH3 is 1. The number of hydrogen-bond donors (Lipinski definition) is 2. The normalized spacial score (nSPS) is 14.2. The Bertz CT molecular complexity index is 546. The molecule has 2 atom stereocenters. The van der Waals surface area contributed by atoms with E-state index in [1.807, 2.05) is 13.0 Å². The molecule has 122 valence electrons. The Labute approximate surface area is 131 Å². The summed E-state index contributed by atoms with van der Waals surface area (Å²) in [4.78, 5) is 15.5. The monoisotopic (exact) mass is 309 g/mol. The summed E-state index contributed by atoms with van der Waals surface area (Å²) in [6.45, 7) is 5.82. The molecule has 1 aromatic carbocycles. The zero-order valence-corrected chi connectivity index (χ0v) is 13.7. The van der Waals surface area contributed by atoms with Crippen molar-refractivity contribution < 1.29 is 13.9 Å². The highest BCUT2D eigenvalue weighted by Gasteiger charge is 2.14. The van der Waals surface area contributed by atoms with Crippen LogP contribution in [0.4, 0.5) is 4.39 Å². The summed E-state index contributed by atoms with van der Waals surface area (Å²) >= 11 is 0. The molecular formula is C16H24FN3O2. The van der Waals surface area contributed by atoms with Crippen LogP contribution < -0.4 is 10.6 Å². The van der Waals surface area contributed by atoms with Crippen LogP contribution in [0.25, 0.3) is 0 Å². The fraction of sp³-hybridized carbons (Fsp3) is 0.500. The number of rotatable bonds is 5. The largest absolute Gasteiger partial charge is 0.469 e. The second-order valence-corrected chi connectivity index (χ2v) is 5.25. The molecule has 0 saturated heterocycles. The van der Waals surface area contributed by atoms with E-state index in [9.17, 15) is 9.18 Å².